The molecule has 0 spiro atoms. The van der Waals surface area contributed by atoms with Crippen LogP contribution >= 0.6 is 11.6 Å². The van der Waals surface area contributed by atoms with Crippen molar-refractivity contribution in [3.8, 4) is 0 Å². The van der Waals surface area contributed by atoms with Gasteiger partial charge in [-0.15, -0.1) is 0 Å². The summed E-state index contributed by atoms with van der Waals surface area (Å²) in [5, 5.41) is 16.8. The Morgan fingerprint density at radius 1 is 1.09 bits per heavy atom. The monoisotopic (exact) mass is 468 g/mol. The Morgan fingerprint density at radius 3 is 2.45 bits per heavy atom. The number of benzene rings is 2. The zero-order chi connectivity index (χ0) is 23.4. The largest absolute Gasteiger partial charge is 0.378 e. The number of anilines is 4. The number of nitro groups is 1. The number of rotatable bonds is 6. The van der Waals surface area contributed by atoms with Crippen molar-refractivity contribution in [1.29, 1.82) is 0 Å². The van der Waals surface area contributed by atoms with Crippen molar-refractivity contribution in [3.05, 3.63) is 75.1 Å². The predicted molar refractivity (Wildman–Crippen MR) is 126 cm³/mol. The zero-order valence-corrected chi connectivity index (χ0v) is 18.5. The lowest BCUT2D eigenvalue weighted by atomic mass is 10.2. The quantitative estimate of drug-likeness (QED) is 0.408. The highest BCUT2D eigenvalue weighted by Gasteiger charge is 2.16. The molecule has 1 aliphatic rings. The number of nitrogens with zero attached hydrogens (tertiary/aromatic N) is 4. The molecule has 11 heteroatoms. The third-order valence-corrected chi connectivity index (χ3v) is 5.30. The van der Waals surface area contributed by atoms with Gasteiger partial charge >= 0.3 is 0 Å². The summed E-state index contributed by atoms with van der Waals surface area (Å²) in [5.74, 6) is 1.71. The molecule has 1 aliphatic heterocycles. The van der Waals surface area contributed by atoms with Crippen molar-refractivity contribution < 1.29 is 14.5 Å². The van der Waals surface area contributed by atoms with Gasteiger partial charge in [-0.05, 0) is 37.3 Å². The van der Waals surface area contributed by atoms with E-state index in [1.807, 2.05) is 13.0 Å². The van der Waals surface area contributed by atoms with Crippen LogP contribution in [0, 0.1) is 17.0 Å². The molecule has 1 amide bonds. The van der Waals surface area contributed by atoms with E-state index in [4.69, 9.17) is 16.3 Å². The van der Waals surface area contributed by atoms with Crippen molar-refractivity contribution in [1.82, 2.24) is 9.97 Å². The normalized spacial score (nSPS) is 13.5. The van der Waals surface area contributed by atoms with E-state index in [9.17, 15) is 14.9 Å². The fourth-order valence-electron chi connectivity index (χ4n) is 3.36. The Morgan fingerprint density at radius 2 is 1.79 bits per heavy atom. The third kappa shape index (κ3) is 5.54. The van der Waals surface area contributed by atoms with E-state index in [1.54, 1.807) is 24.3 Å². The van der Waals surface area contributed by atoms with Gasteiger partial charge in [0.25, 0.3) is 11.6 Å². The third-order valence-electron chi connectivity index (χ3n) is 4.98. The lowest BCUT2D eigenvalue weighted by Crippen LogP contribution is -2.36. The fourth-order valence-corrected chi connectivity index (χ4v) is 3.62. The Labute approximate surface area is 194 Å². The SMILES string of the molecule is Cc1nc(Nc2ccc(NC(=O)c3ccc([N+](=O)[O-])cc3Cl)cc2)cc(N2CCOCC2)n1. The molecule has 1 fully saturated rings. The first-order valence-electron chi connectivity index (χ1n) is 10.2. The summed E-state index contributed by atoms with van der Waals surface area (Å²) in [4.78, 5) is 33.9. The van der Waals surface area contributed by atoms with Gasteiger partial charge in [0.2, 0.25) is 0 Å². The van der Waals surface area contributed by atoms with Crippen LogP contribution in [0.4, 0.5) is 28.7 Å². The summed E-state index contributed by atoms with van der Waals surface area (Å²) in [6.45, 7) is 4.75. The number of hydrogen-bond acceptors (Lipinski definition) is 8. The lowest BCUT2D eigenvalue weighted by Gasteiger charge is -2.28. The van der Waals surface area contributed by atoms with Crippen LogP contribution in [0.5, 0.6) is 0 Å². The number of morpholine rings is 1. The van der Waals surface area contributed by atoms with Crippen LogP contribution in [-0.2, 0) is 4.74 Å². The van der Waals surface area contributed by atoms with Crippen molar-refractivity contribution in [2.45, 2.75) is 6.92 Å². The minimum absolute atomic E-state index is 0.00944. The maximum absolute atomic E-state index is 12.5. The molecule has 33 heavy (non-hydrogen) atoms. The number of carbonyl (C=O) groups excluding carboxylic acids is 1. The molecular formula is C22H21ClN6O4. The van der Waals surface area contributed by atoms with Crippen LogP contribution in [0.15, 0.2) is 48.5 Å². The molecule has 3 aromatic rings. The molecule has 2 aromatic carbocycles. The molecule has 0 bridgehead atoms. The maximum Gasteiger partial charge on any atom is 0.270 e. The molecule has 1 aromatic heterocycles. The van der Waals surface area contributed by atoms with Gasteiger partial charge in [-0.3, -0.25) is 14.9 Å². The topological polar surface area (TPSA) is 123 Å². The Bertz CT molecular complexity index is 1180. The average molecular weight is 469 g/mol. The van der Waals surface area contributed by atoms with Crippen molar-refractivity contribution in [2.75, 3.05) is 41.8 Å². The molecule has 0 unspecified atom stereocenters. The Hall–Kier alpha value is -3.76. The second kappa shape index (κ2) is 9.80. The summed E-state index contributed by atoms with van der Waals surface area (Å²) in [6.07, 6.45) is 0. The number of ether oxygens (including phenoxy) is 1. The highest BCUT2D eigenvalue weighted by Crippen LogP contribution is 2.25. The predicted octanol–water partition coefficient (Wildman–Crippen LogP) is 4.18. The molecule has 0 radical (unpaired) electrons. The highest BCUT2D eigenvalue weighted by atomic mass is 35.5. The first-order chi connectivity index (χ1) is 15.9. The zero-order valence-electron chi connectivity index (χ0n) is 17.7. The van der Waals surface area contributed by atoms with Crippen LogP contribution in [-0.4, -0.2) is 47.1 Å². The number of aryl methyl sites for hydroxylation is 1. The highest BCUT2D eigenvalue weighted by molar-refractivity contribution is 6.34. The molecule has 0 atom stereocenters. The number of nitro benzene ring substituents is 1. The number of carbonyl (C=O) groups is 1. The fraction of sp³-hybridized carbons (Fsp3) is 0.227. The van der Waals surface area contributed by atoms with Gasteiger partial charge in [-0.1, -0.05) is 11.6 Å². The summed E-state index contributed by atoms with van der Waals surface area (Å²) >= 11 is 6.03. The van der Waals surface area contributed by atoms with Gasteiger partial charge in [0, 0.05) is 42.7 Å². The molecule has 170 valence electrons. The summed E-state index contributed by atoms with van der Waals surface area (Å²) < 4.78 is 5.40. The number of aromatic nitrogens is 2. The Balaban J connectivity index is 1.43. The molecule has 1 saturated heterocycles. The van der Waals surface area contributed by atoms with E-state index in [0.29, 0.717) is 30.5 Å². The molecule has 10 nitrogen and oxygen atoms in total. The van der Waals surface area contributed by atoms with Gasteiger partial charge in [0.1, 0.15) is 17.5 Å². The minimum atomic E-state index is -0.567. The lowest BCUT2D eigenvalue weighted by molar-refractivity contribution is -0.384. The molecular weight excluding hydrogens is 448 g/mol. The molecule has 0 aliphatic carbocycles. The van der Waals surface area contributed by atoms with E-state index in [1.165, 1.54) is 12.1 Å². The minimum Gasteiger partial charge on any atom is -0.378 e. The number of amides is 1. The first kappa shape index (κ1) is 22.4. The van der Waals surface area contributed by atoms with E-state index in [0.717, 1.165) is 30.7 Å². The van der Waals surface area contributed by atoms with Crippen LogP contribution < -0.4 is 15.5 Å². The van der Waals surface area contributed by atoms with Crippen LogP contribution in [0.2, 0.25) is 5.02 Å². The summed E-state index contributed by atoms with van der Waals surface area (Å²) in [6, 6.07) is 12.7. The summed E-state index contributed by atoms with van der Waals surface area (Å²) in [7, 11) is 0. The number of non-ortho nitro benzene ring substituents is 1. The first-order valence-corrected chi connectivity index (χ1v) is 10.6. The van der Waals surface area contributed by atoms with Crippen molar-refractivity contribution in [3.63, 3.8) is 0 Å². The van der Waals surface area contributed by atoms with Crippen LogP contribution in [0.25, 0.3) is 0 Å². The van der Waals surface area contributed by atoms with E-state index < -0.39 is 10.8 Å². The van der Waals surface area contributed by atoms with Gasteiger partial charge in [-0.25, -0.2) is 9.97 Å². The molecule has 0 saturated carbocycles. The summed E-state index contributed by atoms with van der Waals surface area (Å²) in [5.41, 5.74) is 1.31. The van der Waals surface area contributed by atoms with Gasteiger partial charge in [0.15, 0.2) is 0 Å². The van der Waals surface area contributed by atoms with Crippen molar-refractivity contribution >= 4 is 46.2 Å². The van der Waals surface area contributed by atoms with Gasteiger partial charge in [-0.2, -0.15) is 0 Å². The number of nitrogens with one attached hydrogen (secondary N) is 2. The second-order valence-electron chi connectivity index (χ2n) is 7.34. The van der Waals surface area contributed by atoms with E-state index >= 15 is 0 Å². The smallest absolute Gasteiger partial charge is 0.270 e. The van der Waals surface area contributed by atoms with Crippen LogP contribution in [0.1, 0.15) is 16.2 Å². The molecule has 2 N–H and O–H groups in total. The van der Waals surface area contributed by atoms with Crippen molar-refractivity contribution in [2.24, 2.45) is 0 Å². The molecule has 2 heterocycles. The van der Waals surface area contributed by atoms with E-state index in [2.05, 4.69) is 25.5 Å². The molecule has 4 rings (SSSR count). The van der Waals surface area contributed by atoms with E-state index in [-0.39, 0.29) is 16.3 Å². The number of halogens is 1. The van der Waals surface area contributed by atoms with Gasteiger partial charge < -0.3 is 20.3 Å². The second-order valence-corrected chi connectivity index (χ2v) is 7.74. The Kier molecular flexibility index (Phi) is 6.66. The van der Waals surface area contributed by atoms with Gasteiger partial charge in [0.05, 0.1) is 28.7 Å². The standard InChI is InChI=1S/C22H21ClN6O4/c1-14-24-20(13-21(25-14)28-8-10-33-11-9-28)26-15-2-4-16(5-3-15)27-22(30)18-7-6-17(29(31)32)12-19(18)23/h2-7,12-13H,8-11H2,1H3,(H,27,30)(H,24,25,26). The number of hydrogen-bond donors (Lipinski definition) is 2. The maximum atomic E-state index is 12.5. The average Bonchev–Trinajstić information content (AvgIpc) is 2.80. The van der Waals surface area contributed by atoms with Crippen LogP contribution in [0.3, 0.4) is 0 Å².